The van der Waals surface area contributed by atoms with Gasteiger partial charge in [0.05, 0.1) is 42.3 Å². The third-order valence-electron chi connectivity index (χ3n) is 5.69. The first-order valence-corrected chi connectivity index (χ1v) is 12.0. The van der Waals surface area contributed by atoms with E-state index < -0.39 is 11.7 Å². The van der Waals surface area contributed by atoms with E-state index in [1.54, 1.807) is 43.2 Å². The van der Waals surface area contributed by atoms with Crippen LogP contribution in [0.15, 0.2) is 43.0 Å². The number of hydroxylamine groups is 1. The molecule has 3 heterocycles. The summed E-state index contributed by atoms with van der Waals surface area (Å²) in [6.07, 6.45) is 6.70. The van der Waals surface area contributed by atoms with Crippen LogP contribution in [0.25, 0.3) is 11.4 Å². The zero-order valence-corrected chi connectivity index (χ0v) is 21.0. The van der Waals surface area contributed by atoms with Crippen LogP contribution in [0.1, 0.15) is 42.0 Å². The molecule has 13 heteroatoms. The summed E-state index contributed by atoms with van der Waals surface area (Å²) in [5, 5.41) is 10.7. The summed E-state index contributed by atoms with van der Waals surface area (Å²) in [4.78, 5) is 35.0. The molecule has 38 heavy (non-hydrogen) atoms. The van der Waals surface area contributed by atoms with E-state index in [1.807, 2.05) is 0 Å². The third kappa shape index (κ3) is 5.52. The standard InChI is InChI=1S/C25H26FN9O3/c1-4-38-34-25(36)18-12-28-22(32-21-7-8-27-14(2)30-21)11-19(18)31-20-10-15(26)9-17(23(20)37-3)24-29-13-35(33-24)16-5-6-16/h7-13,16H,4-6H2,1-3H3,(H,34,36)(H2,27,28,30,31,32). The van der Waals surface area contributed by atoms with Crippen LogP contribution < -0.4 is 20.9 Å². The van der Waals surface area contributed by atoms with Crippen molar-refractivity contribution in [3.05, 3.63) is 60.2 Å². The van der Waals surface area contributed by atoms with Crippen LogP contribution in [0, 0.1) is 12.7 Å². The van der Waals surface area contributed by atoms with Gasteiger partial charge in [-0.2, -0.15) is 5.10 Å². The van der Waals surface area contributed by atoms with Crippen LogP contribution in [0.3, 0.4) is 0 Å². The lowest BCUT2D eigenvalue weighted by Gasteiger charge is -2.17. The van der Waals surface area contributed by atoms with E-state index in [9.17, 15) is 9.18 Å². The first-order valence-electron chi connectivity index (χ1n) is 12.0. The van der Waals surface area contributed by atoms with E-state index in [1.165, 1.54) is 25.4 Å². The Kier molecular flexibility index (Phi) is 7.09. The predicted molar refractivity (Wildman–Crippen MR) is 137 cm³/mol. The predicted octanol–water partition coefficient (Wildman–Crippen LogP) is 4.09. The number of anilines is 4. The molecule has 1 saturated carbocycles. The Hall–Kier alpha value is -4.65. The van der Waals surface area contributed by atoms with Gasteiger partial charge in [0.1, 0.15) is 29.6 Å². The smallest absolute Gasteiger partial charge is 0.278 e. The van der Waals surface area contributed by atoms with Gasteiger partial charge in [0.2, 0.25) is 0 Å². The molecule has 1 amide bonds. The molecular formula is C25H26FN9O3. The zero-order valence-electron chi connectivity index (χ0n) is 21.0. The summed E-state index contributed by atoms with van der Waals surface area (Å²) in [5.41, 5.74) is 3.48. The van der Waals surface area contributed by atoms with Crippen LogP contribution in [-0.2, 0) is 4.84 Å². The quantitative estimate of drug-likeness (QED) is 0.262. The average Bonchev–Trinajstić information content (AvgIpc) is 3.63. The number of carbonyl (C=O) groups excluding carboxylic acids is 1. The molecule has 0 spiro atoms. The number of methoxy groups -OCH3 is 1. The first-order chi connectivity index (χ1) is 18.4. The fourth-order valence-electron chi connectivity index (χ4n) is 3.79. The number of carbonyl (C=O) groups is 1. The lowest BCUT2D eigenvalue weighted by Crippen LogP contribution is -2.24. The Bertz CT molecular complexity index is 1470. The van der Waals surface area contributed by atoms with Gasteiger partial charge in [-0.25, -0.2) is 34.5 Å². The summed E-state index contributed by atoms with van der Waals surface area (Å²) < 4.78 is 22.3. The summed E-state index contributed by atoms with van der Waals surface area (Å²) in [6.45, 7) is 3.78. The van der Waals surface area contributed by atoms with Crippen molar-refractivity contribution in [2.45, 2.75) is 32.7 Å². The third-order valence-corrected chi connectivity index (χ3v) is 5.69. The molecule has 3 N–H and O–H groups in total. The number of pyridine rings is 1. The number of nitrogens with one attached hydrogen (secondary N) is 3. The molecular weight excluding hydrogens is 493 g/mol. The maximum absolute atomic E-state index is 14.8. The molecule has 196 valence electrons. The second-order valence-electron chi connectivity index (χ2n) is 8.53. The van der Waals surface area contributed by atoms with Gasteiger partial charge in [0, 0.05) is 24.5 Å². The van der Waals surface area contributed by atoms with Gasteiger partial charge in [-0.3, -0.25) is 9.63 Å². The highest BCUT2D eigenvalue weighted by molar-refractivity contribution is 6.00. The van der Waals surface area contributed by atoms with Gasteiger partial charge >= 0.3 is 0 Å². The minimum Gasteiger partial charge on any atom is -0.494 e. The van der Waals surface area contributed by atoms with Crippen LogP contribution in [-0.4, -0.2) is 49.3 Å². The van der Waals surface area contributed by atoms with E-state index in [-0.39, 0.29) is 17.9 Å². The Labute approximate surface area is 217 Å². The molecule has 3 aromatic heterocycles. The lowest BCUT2D eigenvalue weighted by molar-refractivity contribution is 0.0365. The molecule has 0 aliphatic heterocycles. The van der Waals surface area contributed by atoms with Crippen LogP contribution in [0.2, 0.25) is 0 Å². The second kappa shape index (κ2) is 10.8. The van der Waals surface area contributed by atoms with E-state index in [0.29, 0.717) is 46.3 Å². The Morgan fingerprint density at radius 2 is 1.97 bits per heavy atom. The normalized spacial score (nSPS) is 12.7. The number of aromatic nitrogens is 6. The summed E-state index contributed by atoms with van der Waals surface area (Å²) in [5.74, 6) is 1.07. The van der Waals surface area contributed by atoms with E-state index in [4.69, 9.17) is 9.57 Å². The van der Waals surface area contributed by atoms with Crippen LogP contribution >= 0.6 is 0 Å². The highest BCUT2D eigenvalue weighted by atomic mass is 19.1. The Morgan fingerprint density at radius 1 is 1.13 bits per heavy atom. The van der Waals surface area contributed by atoms with E-state index >= 15 is 0 Å². The van der Waals surface area contributed by atoms with Crippen molar-refractivity contribution >= 4 is 28.9 Å². The van der Waals surface area contributed by atoms with Crippen molar-refractivity contribution in [3.8, 4) is 17.1 Å². The number of amides is 1. The summed E-state index contributed by atoms with van der Waals surface area (Å²) >= 11 is 0. The van der Waals surface area contributed by atoms with Crippen molar-refractivity contribution in [1.82, 2.24) is 35.2 Å². The van der Waals surface area contributed by atoms with Gasteiger partial charge < -0.3 is 15.4 Å². The number of aryl methyl sites for hydroxylation is 1. The molecule has 0 unspecified atom stereocenters. The number of benzene rings is 1. The van der Waals surface area contributed by atoms with Gasteiger partial charge in [-0.05, 0) is 38.8 Å². The number of halogens is 1. The van der Waals surface area contributed by atoms with Gasteiger partial charge in [0.15, 0.2) is 11.6 Å². The van der Waals surface area contributed by atoms with Crippen molar-refractivity contribution in [3.63, 3.8) is 0 Å². The largest absolute Gasteiger partial charge is 0.494 e. The molecule has 4 aromatic rings. The van der Waals surface area contributed by atoms with Crippen molar-refractivity contribution in [2.24, 2.45) is 0 Å². The fraction of sp³-hybridized carbons (Fsp3) is 0.280. The lowest BCUT2D eigenvalue weighted by atomic mass is 10.1. The summed E-state index contributed by atoms with van der Waals surface area (Å²) in [7, 11) is 1.47. The van der Waals surface area contributed by atoms with E-state index in [2.05, 4.69) is 41.1 Å². The number of hydrogen-bond donors (Lipinski definition) is 3. The number of hydrogen-bond acceptors (Lipinski definition) is 10. The van der Waals surface area contributed by atoms with Crippen LogP contribution in [0.4, 0.5) is 27.4 Å². The first kappa shape index (κ1) is 25.0. The molecule has 0 bridgehead atoms. The van der Waals surface area contributed by atoms with Gasteiger partial charge in [0.25, 0.3) is 5.91 Å². The SMILES string of the molecule is CCONC(=O)c1cnc(Nc2ccnc(C)n2)cc1Nc1cc(F)cc(-c2ncn(C3CC3)n2)c1OC. The molecule has 1 aromatic carbocycles. The zero-order chi connectivity index (χ0) is 26.6. The van der Waals surface area contributed by atoms with E-state index in [0.717, 1.165) is 12.8 Å². The minimum absolute atomic E-state index is 0.159. The molecule has 5 rings (SSSR count). The molecule has 1 fully saturated rings. The molecule has 12 nitrogen and oxygen atoms in total. The van der Waals surface area contributed by atoms with Gasteiger partial charge in [-0.15, -0.1) is 0 Å². The maximum atomic E-state index is 14.8. The van der Waals surface area contributed by atoms with Crippen molar-refractivity contribution in [1.29, 1.82) is 0 Å². The minimum atomic E-state index is -0.535. The maximum Gasteiger partial charge on any atom is 0.278 e. The number of nitrogens with zero attached hydrogens (tertiary/aromatic N) is 6. The molecule has 0 atom stereocenters. The second-order valence-corrected chi connectivity index (χ2v) is 8.53. The Morgan fingerprint density at radius 3 is 2.71 bits per heavy atom. The van der Waals surface area contributed by atoms with Crippen molar-refractivity contribution < 1.29 is 18.8 Å². The number of rotatable bonds is 10. The highest BCUT2D eigenvalue weighted by Crippen LogP contribution is 2.40. The number of ether oxygens (including phenoxy) is 1. The monoisotopic (exact) mass is 519 g/mol. The topological polar surface area (TPSA) is 141 Å². The molecule has 0 saturated heterocycles. The average molecular weight is 520 g/mol. The Balaban J connectivity index is 1.53. The fourth-order valence-corrected chi connectivity index (χ4v) is 3.79. The van der Waals surface area contributed by atoms with Crippen molar-refractivity contribution in [2.75, 3.05) is 24.4 Å². The summed E-state index contributed by atoms with van der Waals surface area (Å²) in [6, 6.07) is 6.19. The molecule has 1 aliphatic rings. The highest BCUT2D eigenvalue weighted by Gasteiger charge is 2.26. The van der Waals surface area contributed by atoms with Gasteiger partial charge in [-0.1, -0.05) is 0 Å². The van der Waals surface area contributed by atoms with Crippen LogP contribution in [0.5, 0.6) is 5.75 Å². The molecule has 1 aliphatic carbocycles. The molecule has 0 radical (unpaired) electrons.